The molecular formula is C19H39P. The van der Waals surface area contributed by atoms with Crippen LogP contribution in [0.15, 0.2) is 0 Å². The van der Waals surface area contributed by atoms with E-state index in [1.54, 1.807) is 37.7 Å². The smallest absolute Gasteiger partial charge is 0.0326 e. The molecule has 0 amide bonds. The monoisotopic (exact) mass is 298 g/mol. The highest BCUT2D eigenvalue weighted by Gasteiger charge is 2.12. The van der Waals surface area contributed by atoms with Crippen molar-refractivity contribution in [3.63, 3.8) is 0 Å². The summed E-state index contributed by atoms with van der Waals surface area (Å²) < 4.78 is 0. The van der Waals surface area contributed by atoms with Crippen LogP contribution in [0.3, 0.4) is 0 Å². The molecule has 0 aliphatic carbocycles. The lowest BCUT2D eigenvalue weighted by molar-refractivity contribution is 0.543. The molecule has 0 atom stereocenters. The largest absolute Gasteiger partial charge is 0.107 e. The lowest BCUT2D eigenvalue weighted by Gasteiger charge is -2.08. The molecule has 1 aliphatic rings. The van der Waals surface area contributed by atoms with Crippen LogP contribution in [0.4, 0.5) is 0 Å². The summed E-state index contributed by atoms with van der Waals surface area (Å²) in [5, 5.41) is 0. The van der Waals surface area contributed by atoms with Crippen LogP contribution in [0.1, 0.15) is 103 Å². The SMILES string of the molecule is CCCCCCCCCCCCCCCP1CCCC1. The average molecular weight is 298 g/mol. The molecule has 1 heteroatoms. The molecule has 1 aliphatic heterocycles. The summed E-state index contributed by atoms with van der Waals surface area (Å²) in [4.78, 5) is 0. The Morgan fingerprint density at radius 3 is 1.40 bits per heavy atom. The third-order valence-electron chi connectivity index (χ3n) is 4.78. The van der Waals surface area contributed by atoms with Gasteiger partial charge in [-0.05, 0) is 37.7 Å². The normalized spacial score (nSPS) is 16.1. The quantitative estimate of drug-likeness (QED) is 0.232. The zero-order chi connectivity index (χ0) is 14.3. The second kappa shape index (κ2) is 14.4. The molecule has 0 bridgehead atoms. The molecule has 0 aromatic heterocycles. The molecule has 0 aromatic rings. The van der Waals surface area contributed by atoms with Gasteiger partial charge in [0.25, 0.3) is 0 Å². The maximum Gasteiger partial charge on any atom is -0.0326 e. The Morgan fingerprint density at radius 2 is 0.950 bits per heavy atom. The van der Waals surface area contributed by atoms with Gasteiger partial charge in [-0.15, -0.1) is 7.92 Å². The van der Waals surface area contributed by atoms with Crippen molar-refractivity contribution in [3.05, 3.63) is 0 Å². The van der Waals surface area contributed by atoms with Crippen LogP contribution in [0.25, 0.3) is 0 Å². The van der Waals surface area contributed by atoms with Crippen LogP contribution in [0.5, 0.6) is 0 Å². The summed E-state index contributed by atoms with van der Waals surface area (Å²) in [5.41, 5.74) is 0. The van der Waals surface area contributed by atoms with E-state index in [0.717, 1.165) is 0 Å². The first-order valence-electron chi connectivity index (χ1n) is 9.66. The van der Waals surface area contributed by atoms with Crippen LogP contribution in [-0.2, 0) is 0 Å². The highest BCUT2D eigenvalue weighted by atomic mass is 31.1. The zero-order valence-corrected chi connectivity index (χ0v) is 15.1. The minimum atomic E-state index is 0.516. The van der Waals surface area contributed by atoms with E-state index < -0.39 is 0 Å². The number of rotatable bonds is 14. The highest BCUT2D eigenvalue weighted by molar-refractivity contribution is 7.57. The minimum Gasteiger partial charge on any atom is -0.107 e. The molecule has 1 heterocycles. The Labute approximate surface area is 130 Å². The fraction of sp³-hybridized carbons (Fsp3) is 1.00. The lowest BCUT2D eigenvalue weighted by Crippen LogP contribution is -1.87. The summed E-state index contributed by atoms with van der Waals surface area (Å²) in [6.07, 6.45) is 27.3. The summed E-state index contributed by atoms with van der Waals surface area (Å²) in [6.45, 7) is 2.30. The highest BCUT2D eigenvalue weighted by Crippen LogP contribution is 2.43. The molecule has 1 fully saturated rings. The Bertz CT molecular complexity index is 184. The predicted octanol–water partition coefficient (Wildman–Crippen LogP) is 7.35. The van der Waals surface area contributed by atoms with E-state index in [1.807, 2.05) is 0 Å². The topological polar surface area (TPSA) is 0 Å². The van der Waals surface area contributed by atoms with Gasteiger partial charge in [0.15, 0.2) is 0 Å². The van der Waals surface area contributed by atoms with Crippen molar-refractivity contribution in [3.8, 4) is 0 Å². The van der Waals surface area contributed by atoms with Gasteiger partial charge in [-0.3, -0.25) is 0 Å². The van der Waals surface area contributed by atoms with E-state index >= 15 is 0 Å². The Hall–Kier alpha value is 0.430. The van der Waals surface area contributed by atoms with Crippen molar-refractivity contribution < 1.29 is 0 Å². The summed E-state index contributed by atoms with van der Waals surface area (Å²) in [5.74, 6) is 0. The van der Waals surface area contributed by atoms with Crippen molar-refractivity contribution in [2.75, 3.05) is 18.5 Å². The minimum absolute atomic E-state index is 0.516. The molecular weight excluding hydrogens is 259 g/mol. The Kier molecular flexibility index (Phi) is 13.3. The van der Waals surface area contributed by atoms with Crippen molar-refractivity contribution in [1.82, 2.24) is 0 Å². The van der Waals surface area contributed by atoms with Gasteiger partial charge in [0, 0.05) is 0 Å². The predicted molar refractivity (Wildman–Crippen MR) is 96.5 cm³/mol. The second-order valence-electron chi connectivity index (χ2n) is 6.79. The van der Waals surface area contributed by atoms with Crippen LogP contribution in [0, 0.1) is 0 Å². The fourth-order valence-electron chi connectivity index (χ4n) is 3.36. The molecule has 0 radical (unpaired) electrons. The molecule has 0 spiro atoms. The first-order valence-corrected chi connectivity index (χ1v) is 11.6. The molecule has 0 nitrogen and oxygen atoms in total. The number of hydrogen-bond donors (Lipinski definition) is 0. The molecule has 0 unspecified atom stereocenters. The molecule has 0 saturated carbocycles. The summed E-state index contributed by atoms with van der Waals surface area (Å²) in [6, 6.07) is 0. The molecule has 120 valence electrons. The maximum absolute atomic E-state index is 2.30. The molecule has 0 N–H and O–H groups in total. The van der Waals surface area contributed by atoms with Crippen molar-refractivity contribution >= 4 is 7.92 Å². The van der Waals surface area contributed by atoms with E-state index in [1.165, 1.54) is 77.0 Å². The van der Waals surface area contributed by atoms with Crippen LogP contribution in [-0.4, -0.2) is 18.5 Å². The van der Waals surface area contributed by atoms with Crippen molar-refractivity contribution in [2.24, 2.45) is 0 Å². The van der Waals surface area contributed by atoms with Crippen LogP contribution in [0.2, 0.25) is 0 Å². The number of hydrogen-bond acceptors (Lipinski definition) is 0. The molecule has 20 heavy (non-hydrogen) atoms. The second-order valence-corrected chi connectivity index (χ2v) is 9.47. The van der Waals surface area contributed by atoms with E-state index in [9.17, 15) is 0 Å². The van der Waals surface area contributed by atoms with Gasteiger partial charge in [0.2, 0.25) is 0 Å². The summed E-state index contributed by atoms with van der Waals surface area (Å²) >= 11 is 0. The fourth-order valence-corrected chi connectivity index (χ4v) is 6.04. The van der Waals surface area contributed by atoms with Crippen molar-refractivity contribution in [1.29, 1.82) is 0 Å². The zero-order valence-electron chi connectivity index (χ0n) is 14.2. The van der Waals surface area contributed by atoms with E-state index in [0.29, 0.717) is 7.92 Å². The Morgan fingerprint density at radius 1 is 0.550 bits per heavy atom. The third kappa shape index (κ3) is 11.1. The van der Waals surface area contributed by atoms with E-state index in [4.69, 9.17) is 0 Å². The van der Waals surface area contributed by atoms with Gasteiger partial charge in [-0.25, -0.2) is 0 Å². The first-order chi connectivity index (χ1) is 9.93. The van der Waals surface area contributed by atoms with Gasteiger partial charge >= 0.3 is 0 Å². The van der Waals surface area contributed by atoms with Gasteiger partial charge in [-0.2, -0.15) is 0 Å². The summed E-state index contributed by atoms with van der Waals surface area (Å²) in [7, 11) is 0.516. The van der Waals surface area contributed by atoms with Crippen LogP contribution < -0.4 is 0 Å². The average Bonchev–Trinajstić information content (AvgIpc) is 2.97. The van der Waals surface area contributed by atoms with Gasteiger partial charge in [-0.1, -0.05) is 84.0 Å². The molecule has 1 saturated heterocycles. The van der Waals surface area contributed by atoms with Gasteiger partial charge < -0.3 is 0 Å². The lowest BCUT2D eigenvalue weighted by atomic mass is 10.1. The molecule has 0 aromatic carbocycles. The van der Waals surface area contributed by atoms with E-state index in [2.05, 4.69) is 6.92 Å². The number of unbranched alkanes of at least 4 members (excludes halogenated alkanes) is 12. The van der Waals surface area contributed by atoms with Gasteiger partial charge in [0.1, 0.15) is 0 Å². The Balaban J connectivity index is 1.66. The first kappa shape index (κ1) is 18.5. The van der Waals surface area contributed by atoms with Crippen LogP contribution >= 0.6 is 7.92 Å². The maximum atomic E-state index is 2.30. The van der Waals surface area contributed by atoms with Gasteiger partial charge in [0.05, 0.1) is 0 Å². The molecule has 1 rings (SSSR count). The third-order valence-corrected chi connectivity index (χ3v) is 7.62. The van der Waals surface area contributed by atoms with E-state index in [-0.39, 0.29) is 0 Å². The van der Waals surface area contributed by atoms with Crippen molar-refractivity contribution in [2.45, 2.75) is 103 Å². The standard InChI is InChI=1S/C19H39P/c1-2-3-4-5-6-7-8-9-10-11-12-13-14-17-20-18-15-16-19-20/h2-19H2,1H3.